The van der Waals surface area contributed by atoms with Gasteiger partial charge in [0.05, 0.1) is 23.5 Å². The first kappa shape index (κ1) is 14.5. The molecule has 2 N–H and O–H groups in total. The summed E-state index contributed by atoms with van der Waals surface area (Å²) in [7, 11) is 1.66. The fourth-order valence-corrected chi connectivity index (χ4v) is 2.73. The summed E-state index contributed by atoms with van der Waals surface area (Å²) in [6.45, 7) is 2.04. The maximum absolute atomic E-state index is 5.78. The molecule has 112 valence electrons. The second-order valence-corrected chi connectivity index (χ2v) is 5.69. The number of rotatable bonds is 4. The third kappa shape index (κ3) is 2.55. The number of thiocarbonyl (C=S) groups is 1. The van der Waals surface area contributed by atoms with E-state index in [9.17, 15) is 0 Å². The number of nitrogens with zero attached hydrogens (tertiary/aromatic N) is 2. The van der Waals surface area contributed by atoms with Crippen LogP contribution < -0.4 is 10.5 Å². The average Bonchev–Trinajstić information content (AvgIpc) is 2.87. The molecule has 1 aromatic carbocycles. The van der Waals surface area contributed by atoms with Gasteiger partial charge in [-0.3, -0.25) is 0 Å². The molecule has 2 aromatic heterocycles. The molecule has 2 heterocycles. The highest BCUT2D eigenvalue weighted by Gasteiger charge is 2.16. The van der Waals surface area contributed by atoms with Crippen molar-refractivity contribution in [1.82, 2.24) is 9.38 Å². The number of fused-ring (bicyclic) bond motifs is 1. The van der Waals surface area contributed by atoms with Crippen LogP contribution in [0.15, 0.2) is 42.6 Å². The van der Waals surface area contributed by atoms with E-state index in [0.29, 0.717) is 11.4 Å². The summed E-state index contributed by atoms with van der Waals surface area (Å²) >= 11 is 5.11. The minimum Gasteiger partial charge on any atom is -0.497 e. The van der Waals surface area contributed by atoms with Crippen molar-refractivity contribution in [3.05, 3.63) is 53.9 Å². The molecule has 0 amide bonds. The third-order valence-corrected chi connectivity index (χ3v) is 3.77. The number of pyridine rings is 1. The van der Waals surface area contributed by atoms with Crippen LogP contribution in [-0.2, 0) is 6.42 Å². The largest absolute Gasteiger partial charge is 0.497 e. The maximum Gasteiger partial charge on any atom is 0.140 e. The molecular formula is C17H17N3OS. The molecule has 5 heteroatoms. The first-order valence-corrected chi connectivity index (χ1v) is 7.40. The van der Waals surface area contributed by atoms with Crippen LogP contribution in [0.1, 0.15) is 11.3 Å². The zero-order valence-electron chi connectivity index (χ0n) is 12.5. The van der Waals surface area contributed by atoms with Crippen molar-refractivity contribution in [2.24, 2.45) is 5.73 Å². The number of aromatic nitrogens is 2. The predicted octanol–water partition coefficient (Wildman–Crippen LogP) is 3.15. The van der Waals surface area contributed by atoms with Gasteiger partial charge in [-0.05, 0) is 30.7 Å². The molecular weight excluding hydrogens is 294 g/mol. The standard InChI is InChI=1S/C17H17N3OS/c1-11-5-4-8-20-14(10-15(18)22)16(19-17(11)20)12-6-3-7-13(9-12)21-2/h3-9H,10H2,1-2H3,(H2,18,22). The Morgan fingerprint density at radius 3 is 2.86 bits per heavy atom. The Balaban J connectivity index is 2.27. The molecule has 0 atom stereocenters. The molecule has 0 fully saturated rings. The van der Waals surface area contributed by atoms with Crippen molar-refractivity contribution < 1.29 is 4.74 Å². The van der Waals surface area contributed by atoms with Crippen LogP contribution in [0, 0.1) is 6.92 Å². The van der Waals surface area contributed by atoms with Gasteiger partial charge in [0.1, 0.15) is 11.4 Å². The number of hydrogen-bond donors (Lipinski definition) is 1. The van der Waals surface area contributed by atoms with Crippen molar-refractivity contribution in [2.45, 2.75) is 13.3 Å². The van der Waals surface area contributed by atoms with Gasteiger partial charge in [-0.25, -0.2) is 4.98 Å². The smallest absolute Gasteiger partial charge is 0.140 e. The van der Waals surface area contributed by atoms with Gasteiger partial charge in [0.25, 0.3) is 0 Å². The van der Waals surface area contributed by atoms with Crippen LogP contribution in [0.2, 0.25) is 0 Å². The molecule has 4 nitrogen and oxygen atoms in total. The van der Waals surface area contributed by atoms with Crippen molar-refractivity contribution >= 4 is 22.9 Å². The van der Waals surface area contributed by atoms with Crippen molar-refractivity contribution in [3.63, 3.8) is 0 Å². The van der Waals surface area contributed by atoms with Gasteiger partial charge in [0, 0.05) is 18.2 Å². The molecule has 0 aliphatic heterocycles. The van der Waals surface area contributed by atoms with Gasteiger partial charge in [-0.2, -0.15) is 0 Å². The molecule has 0 aliphatic rings. The van der Waals surface area contributed by atoms with E-state index >= 15 is 0 Å². The van der Waals surface area contributed by atoms with Gasteiger partial charge >= 0.3 is 0 Å². The van der Waals surface area contributed by atoms with Gasteiger partial charge in [-0.1, -0.05) is 30.4 Å². The van der Waals surface area contributed by atoms with Crippen LogP contribution >= 0.6 is 12.2 Å². The summed E-state index contributed by atoms with van der Waals surface area (Å²) in [6, 6.07) is 11.9. The van der Waals surface area contributed by atoms with Gasteiger partial charge in [0.15, 0.2) is 0 Å². The fourth-order valence-electron chi connectivity index (χ4n) is 2.59. The summed E-state index contributed by atoms with van der Waals surface area (Å²) in [6.07, 6.45) is 2.50. The quantitative estimate of drug-likeness (QED) is 0.752. The van der Waals surface area contributed by atoms with Crippen molar-refractivity contribution in [2.75, 3.05) is 7.11 Å². The molecule has 0 bridgehead atoms. The SMILES string of the molecule is COc1cccc(-c2nc3c(C)cccn3c2CC(N)=S)c1. The van der Waals surface area contributed by atoms with Crippen LogP contribution in [-0.4, -0.2) is 21.5 Å². The maximum atomic E-state index is 5.78. The lowest BCUT2D eigenvalue weighted by molar-refractivity contribution is 0.415. The van der Waals surface area contributed by atoms with Crippen LogP contribution in [0.5, 0.6) is 5.75 Å². The summed E-state index contributed by atoms with van der Waals surface area (Å²) in [5, 5.41) is 0. The summed E-state index contributed by atoms with van der Waals surface area (Å²) < 4.78 is 7.37. The highest BCUT2D eigenvalue weighted by molar-refractivity contribution is 7.80. The molecule has 3 aromatic rings. The molecule has 0 spiro atoms. The Labute approximate surface area is 134 Å². The highest BCUT2D eigenvalue weighted by atomic mass is 32.1. The van der Waals surface area contributed by atoms with Crippen molar-refractivity contribution in [1.29, 1.82) is 0 Å². The van der Waals surface area contributed by atoms with Gasteiger partial charge in [0.2, 0.25) is 0 Å². The monoisotopic (exact) mass is 311 g/mol. The summed E-state index contributed by atoms with van der Waals surface area (Å²) in [5.41, 5.74) is 10.7. The van der Waals surface area contributed by atoms with E-state index in [1.807, 2.05) is 49.5 Å². The summed E-state index contributed by atoms with van der Waals surface area (Å²) in [5.74, 6) is 0.799. The van der Waals surface area contributed by atoms with Crippen LogP contribution in [0.4, 0.5) is 0 Å². The number of ether oxygens (including phenoxy) is 1. The molecule has 3 rings (SSSR count). The lowest BCUT2D eigenvalue weighted by Crippen LogP contribution is -2.13. The molecule has 0 saturated carbocycles. The van der Waals surface area contributed by atoms with E-state index in [2.05, 4.69) is 4.40 Å². The minimum atomic E-state index is 0.451. The van der Waals surface area contributed by atoms with Crippen molar-refractivity contribution in [3.8, 4) is 17.0 Å². The predicted molar refractivity (Wildman–Crippen MR) is 92.4 cm³/mol. The Bertz CT molecular complexity index is 854. The van der Waals surface area contributed by atoms with E-state index in [4.69, 9.17) is 27.7 Å². The number of hydrogen-bond acceptors (Lipinski definition) is 3. The first-order chi connectivity index (χ1) is 10.6. The highest BCUT2D eigenvalue weighted by Crippen LogP contribution is 2.28. The second-order valence-electron chi connectivity index (χ2n) is 5.17. The number of methoxy groups -OCH3 is 1. The number of nitrogens with two attached hydrogens (primary N) is 1. The molecule has 0 saturated heterocycles. The fraction of sp³-hybridized carbons (Fsp3) is 0.176. The van der Waals surface area contributed by atoms with E-state index in [0.717, 1.165) is 33.9 Å². The lowest BCUT2D eigenvalue weighted by atomic mass is 10.1. The lowest BCUT2D eigenvalue weighted by Gasteiger charge is -2.06. The average molecular weight is 311 g/mol. The second kappa shape index (κ2) is 5.77. The van der Waals surface area contributed by atoms with E-state index in [-0.39, 0.29) is 0 Å². The number of imidazole rings is 1. The Kier molecular flexibility index (Phi) is 3.81. The zero-order valence-corrected chi connectivity index (χ0v) is 13.4. The molecule has 0 aliphatic carbocycles. The van der Waals surface area contributed by atoms with Gasteiger partial charge < -0.3 is 14.9 Å². The minimum absolute atomic E-state index is 0.451. The van der Waals surface area contributed by atoms with E-state index < -0.39 is 0 Å². The van der Waals surface area contributed by atoms with Crippen LogP contribution in [0.3, 0.4) is 0 Å². The Morgan fingerprint density at radius 2 is 2.14 bits per heavy atom. The Hall–Kier alpha value is -2.40. The van der Waals surface area contributed by atoms with Gasteiger partial charge in [-0.15, -0.1) is 0 Å². The Morgan fingerprint density at radius 1 is 1.32 bits per heavy atom. The molecule has 0 radical (unpaired) electrons. The van der Waals surface area contributed by atoms with E-state index in [1.54, 1.807) is 7.11 Å². The normalized spacial score (nSPS) is 10.8. The first-order valence-electron chi connectivity index (χ1n) is 6.99. The number of aryl methyl sites for hydroxylation is 1. The molecule has 0 unspecified atom stereocenters. The zero-order chi connectivity index (χ0) is 15.7. The third-order valence-electron chi connectivity index (χ3n) is 3.63. The summed E-state index contributed by atoms with van der Waals surface area (Å²) in [4.78, 5) is 5.25. The van der Waals surface area contributed by atoms with Crippen LogP contribution in [0.25, 0.3) is 16.9 Å². The topological polar surface area (TPSA) is 52.5 Å². The molecule has 22 heavy (non-hydrogen) atoms. The number of benzene rings is 1. The van der Waals surface area contributed by atoms with E-state index in [1.165, 1.54) is 0 Å².